The molecule has 0 spiro atoms. The first-order valence-corrected chi connectivity index (χ1v) is 7.86. The largest absolute Gasteiger partial charge is 0.616 e. The summed E-state index contributed by atoms with van der Waals surface area (Å²) >= 11 is 2.14. The quantitative estimate of drug-likeness (QED) is 0.629. The summed E-state index contributed by atoms with van der Waals surface area (Å²) < 4.78 is 17.9. The van der Waals surface area contributed by atoms with E-state index in [2.05, 4.69) is 15.9 Å². The summed E-state index contributed by atoms with van der Waals surface area (Å²) in [5.74, 6) is -0.146. The maximum absolute atomic E-state index is 11.9. The monoisotopic (exact) mass is 332 g/mol. The molecule has 0 aliphatic heterocycles. The summed E-state index contributed by atoms with van der Waals surface area (Å²) in [6.45, 7) is 5.38. The smallest absolute Gasteiger partial charge is 0.356 e. The van der Waals surface area contributed by atoms with E-state index in [1.165, 1.54) is 0 Å². The van der Waals surface area contributed by atoms with E-state index in [1.54, 1.807) is 20.8 Å². The van der Waals surface area contributed by atoms with Gasteiger partial charge in [0.15, 0.2) is 0 Å². The molecule has 1 rings (SSSR count). The molecule has 0 bridgehead atoms. The van der Waals surface area contributed by atoms with Crippen LogP contribution in [0, 0.1) is 0 Å². The SMILES string of the molecule is CC(C)(C)OC(=O)C[S+]([O-])Cc1ccccc1Br. The van der Waals surface area contributed by atoms with E-state index >= 15 is 0 Å². The highest BCUT2D eigenvalue weighted by atomic mass is 79.9. The standard InChI is InChI=1S/C13H17BrO3S/c1-13(2,3)17-12(15)9-18(16)8-10-6-4-5-7-11(10)14/h4-7H,8-9H2,1-3H3. The van der Waals surface area contributed by atoms with Gasteiger partial charge in [-0.1, -0.05) is 34.1 Å². The predicted octanol–water partition coefficient (Wildman–Crippen LogP) is 3.04. The van der Waals surface area contributed by atoms with Crippen LogP contribution in [0.3, 0.4) is 0 Å². The van der Waals surface area contributed by atoms with E-state index < -0.39 is 22.7 Å². The van der Waals surface area contributed by atoms with Crippen molar-refractivity contribution in [3.05, 3.63) is 34.3 Å². The Balaban J connectivity index is 2.50. The van der Waals surface area contributed by atoms with Crippen molar-refractivity contribution in [2.24, 2.45) is 0 Å². The van der Waals surface area contributed by atoms with Crippen LogP contribution in [-0.2, 0) is 26.5 Å². The zero-order valence-electron chi connectivity index (χ0n) is 10.7. The molecule has 1 aromatic carbocycles. The number of rotatable bonds is 4. The second kappa shape index (κ2) is 6.59. The van der Waals surface area contributed by atoms with E-state index in [1.807, 2.05) is 24.3 Å². The Morgan fingerprint density at radius 1 is 1.39 bits per heavy atom. The van der Waals surface area contributed by atoms with Gasteiger partial charge in [-0.05, 0) is 38.0 Å². The summed E-state index contributed by atoms with van der Waals surface area (Å²) in [5.41, 5.74) is 0.397. The number of esters is 1. The van der Waals surface area contributed by atoms with Gasteiger partial charge < -0.3 is 9.29 Å². The summed E-state index contributed by atoms with van der Waals surface area (Å²) in [7, 11) is 0. The molecule has 3 nitrogen and oxygen atoms in total. The molecule has 0 aromatic heterocycles. The fraction of sp³-hybridized carbons (Fsp3) is 0.462. The molecule has 0 aliphatic rings. The summed E-state index contributed by atoms with van der Waals surface area (Å²) in [4.78, 5) is 11.5. The van der Waals surface area contributed by atoms with Crippen molar-refractivity contribution in [1.29, 1.82) is 0 Å². The highest BCUT2D eigenvalue weighted by molar-refractivity contribution is 9.10. The first-order valence-electron chi connectivity index (χ1n) is 5.58. The van der Waals surface area contributed by atoms with Crippen LogP contribution >= 0.6 is 15.9 Å². The van der Waals surface area contributed by atoms with Crippen molar-refractivity contribution in [3.63, 3.8) is 0 Å². The first-order chi connectivity index (χ1) is 8.28. The third kappa shape index (κ3) is 5.89. The van der Waals surface area contributed by atoms with Crippen molar-refractivity contribution in [1.82, 2.24) is 0 Å². The van der Waals surface area contributed by atoms with Gasteiger partial charge in [-0.2, -0.15) is 0 Å². The molecule has 1 unspecified atom stereocenters. The Morgan fingerprint density at radius 2 is 2.00 bits per heavy atom. The summed E-state index contributed by atoms with van der Waals surface area (Å²) in [6.07, 6.45) is 0. The molecule has 0 aliphatic carbocycles. The minimum atomic E-state index is -1.25. The van der Waals surface area contributed by atoms with Gasteiger partial charge in [-0.25, -0.2) is 4.79 Å². The van der Waals surface area contributed by atoms with E-state index in [9.17, 15) is 9.35 Å². The first kappa shape index (κ1) is 15.5. The minimum Gasteiger partial charge on any atom is -0.616 e. The van der Waals surface area contributed by atoms with Gasteiger partial charge in [0.1, 0.15) is 11.4 Å². The summed E-state index contributed by atoms with van der Waals surface area (Å²) in [6, 6.07) is 7.55. The van der Waals surface area contributed by atoms with Crippen molar-refractivity contribution < 1.29 is 14.1 Å². The molecule has 18 heavy (non-hydrogen) atoms. The lowest BCUT2D eigenvalue weighted by Gasteiger charge is -2.20. The van der Waals surface area contributed by atoms with Gasteiger partial charge >= 0.3 is 5.97 Å². The molecule has 0 saturated heterocycles. The van der Waals surface area contributed by atoms with Crippen LogP contribution in [0.1, 0.15) is 26.3 Å². The Labute approximate surface area is 119 Å². The van der Waals surface area contributed by atoms with Gasteiger partial charge in [0.25, 0.3) is 0 Å². The number of carbonyl (C=O) groups excluding carboxylic acids is 1. The highest BCUT2D eigenvalue weighted by Crippen LogP contribution is 2.19. The number of carbonyl (C=O) groups is 1. The van der Waals surface area contributed by atoms with Gasteiger partial charge in [0.05, 0.1) is 0 Å². The molecule has 0 radical (unpaired) electrons. The van der Waals surface area contributed by atoms with Crippen LogP contribution in [0.2, 0.25) is 0 Å². The third-order valence-electron chi connectivity index (χ3n) is 1.97. The predicted molar refractivity (Wildman–Crippen MR) is 76.7 cm³/mol. The average molecular weight is 333 g/mol. The lowest BCUT2D eigenvalue weighted by Crippen LogP contribution is -2.29. The molecule has 5 heteroatoms. The number of ether oxygens (including phenoxy) is 1. The molecule has 1 atom stereocenters. The molecule has 1 aromatic rings. The van der Waals surface area contributed by atoms with Crippen LogP contribution in [0.4, 0.5) is 0 Å². The van der Waals surface area contributed by atoms with E-state index in [0.29, 0.717) is 5.75 Å². The molecular weight excluding hydrogens is 316 g/mol. The lowest BCUT2D eigenvalue weighted by molar-refractivity contribution is -0.151. The number of benzene rings is 1. The maximum atomic E-state index is 11.9. The number of hydrogen-bond donors (Lipinski definition) is 0. The van der Waals surface area contributed by atoms with E-state index in [-0.39, 0.29) is 5.75 Å². The van der Waals surface area contributed by atoms with Gasteiger partial charge in [0.2, 0.25) is 5.75 Å². The van der Waals surface area contributed by atoms with Crippen molar-refractivity contribution in [3.8, 4) is 0 Å². The topological polar surface area (TPSA) is 49.4 Å². The third-order valence-corrected chi connectivity index (χ3v) is 3.94. The van der Waals surface area contributed by atoms with Crippen LogP contribution in [0.5, 0.6) is 0 Å². The highest BCUT2D eigenvalue weighted by Gasteiger charge is 2.21. The second-order valence-corrected chi connectivity index (χ2v) is 7.22. The Morgan fingerprint density at radius 3 is 2.56 bits per heavy atom. The maximum Gasteiger partial charge on any atom is 0.356 e. The molecule has 0 amide bonds. The van der Waals surface area contributed by atoms with Crippen molar-refractivity contribution in [2.45, 2.75) is 32.1 Å². The van der Waals surface area contributed by atoms with Crippen molar-refractivity contribution >= 4 is 33.1 Å². The molecule has 100 valence electrons. The van der Waals surface area contributed by atoms with Crippen molar-refractivity contribution in [2.75, 3.05) is 5.75 Å². The van der Waals surface area contributed by atoms with Crippen LogP contribution < -0.4 is 0 Å². The summed E-state index contributed by atoms with van der Waals surface area (Å²) in [5, 5.41) is 0. The molecule has 0 heterocycles. The van der Waals surface area contributed by atoms with Crippen LogP contribution in [-0.4, -0.2) is 21.9 Å². The van der Waals surface area contributed by atoms with E-state index in [4.69, 9.17) is 4.74 Å². The lowest BCUT2D eigenvalue weighted by atomic mass is 10.2. The number of halogens is 1. The van der Waals surface area contributed by atoms with Crippen LogP contribution in [0.15, 0.2) is 28.7 Å². The second-order valence-electron chi connectivity index (χ2n) is 4.91. The normalized spacial score (nSPS) is 13.2. The van der Waals surface area contributed by atoms with E-state index in [0.717, 1.165) is 10.0 Å². The molecular formula is C13H17BrO3S. The molecule has 0 saturated carbocycles. The minimum absolute atomic E-state index is 0.0708. The van der Waals surface area contributed by atoms with Gasteiger partial charge in [-0.15, -0.1) is 0 Å². The average Bonchev–Trinajstić information content (AvgIpc) is 2.18. The van der Waals surface area contributed by atoms with Gasteiger partial charge in [-0.3, -0.25) is 0 Å². The molecule has 0 fully saturated rings. The van der Waals surface area contributed by atoms with Gasteiger partial charge in [0, 0.05) is 10.0 Å². The zero-order chi connectivity index (χ0) is 13.8. The molecule has 0 N–H and O–H groups in total. The fourth-order valence-corrected chi connectivity index (χ4v) is 2.98. The Hall–Kier alpha value is -0.520. The number of hydrogen-bond acceptors (Lipinski definition) is 3. The fourth-order valence-electron chi connectivity index (χ4n) is 1.34. The zero-order valence-corrected chi connectivity index (χ0v) is 13.1. The van der Waals surface area contributed by atoms with Crippen LogP contribution in [0.25, 0.3) is 0 Å². The Kier molecular flexibility index (Phi) is 5.69. The Bertz CT molecular complexity index is 415.